The van der Waals surface area contributed by atoms with Crippen LogP contribution in [-0.4, -0.2) is 11.7 Å². The Balaban J connectivity index is 1.90. The highest BCUT2D eigenvalue weighted by molar-refractivity contribution is 9.10. The van der Waals surface area contributed by atoms with Gasteiger partial charge < -0.3 is 14.6 Å². The van der Waals surface area contributed by atoms with Crippen molar-refractivity contribution >= 4 is 15.9 Å². The molecule has 0 amide bonds. The van der Waals surface area contributed by atoms with Gasteiger partial charge in [0.15, 0.2) is 5.76 Å². The second-order valence-electron chi connectivity index (χ2n) is 3.78. The van der Waals surface area contributed by atoms with E-state index in [0.29, 0.717) is 6.61 Å². The number of benzene rings is 1. The molecule has 0 fully saturated rings. The van der Waals surface area contributed by atoms with E-state index in [1.807, 2.05) is 30.3 Å². The van der Waals surface area contributed by atoms with Gasteiger partial charge in [-0.3, -0.25) is 0 Å². The minimum Gasteiger partial charge on any atom is -0.484 e. The SMILES string of the molecule is CCNCc1cc(COc2ccccc2Br)on1. The van der Waals surface area contributed by atoms with Crippen LogP contribution in [0.3, 0.4) is 0 Å². The van der Waals surface area contributed by atoms with Crippen molar-refractivity contribution in [1.82, 2.24) is 10.5 Å². The molecule has 0 radical (unpaired) electrons. The Morgan fingerprint density at radius 2 is 2.22 bits per heavy atom. The maximum absolute atomic E-state index is 5.64. The summed E-state index contributed by atoms with van der Waals surface area (Å²) in [5.41, 5.74) is 0.891. The van der Waals surface area contributed by atoms with Gasteiger partial charge in [-0.1, -0.05) is 24.2 Å². The number of nitrogens with zero attached hydrogens (tertiary/aromatic N) is 1. The number of para-hydroxylation sites is 1. The molecule has 0 aliphatic heterocycles. The summed E-state index contributed by atoms with van der Waals surface area (Å²) >= 11 is 3.43. The lowest BCUT2D eigenvalue weighted by molar-refractivity contribution is 0.247. The van der Waals surface area contributed by atoms with Crippen LogP contribution in [0.4, 0.5) is 0 Å². The topological polar surface area (TPSA) is 47.3 Å². The number of hydrogen-bond donors (Lipinski definition) is 1. The molecule has 96 valence electrons. The highest BCUT2D eigenvalue weighted by Crippen LogP contribution is 2.24. The maximum Gasteiger partial charge on any atom is 0.174 e. The fourth-order valence-corrected chi connectivity index (χ4v) is 1.87. The summed E-state index contributed by atoms with van der Waals surface area (Å²) < 4.78 is 11.8. The molecule has 0 unspecified atom stereocenters. The van der Waals surface area contributed by atoms with Crippen molar-refractivity contribution in [2.75, 3.05) is 6.54 Å². The second-order valence-corrected chi connectivity index (χ2v) is 4.64. The Hall–Kier alpha value is -1.33. The third-order valence-electron chi connectivity index (χ3n) is 2.37. The zero-order valence-electron chi connectivity index (χ0n) is 10.1. The standard InChI is InChI=1S/C13H15BrN2O2/c1-2-15-8-10-7-11(18-16-10)9-17-13-6-4-3-5-12(13)14/h3-7,15H,2,8-9H2,1H3. The lowest BCUT2D eigenvalue weighted by atomic mass is 10.3. The van der Waals surface area contributed by atoms with Crippen LogP contribution >= 0.6 is 15.9 Å². The van der Waals surface area contributed by atoms with E-state index < -0.39 is 0 Å². The number of hydrogen-bond acceptors (Lipinski definition) is 4. The molecule has 0 bridgehead atoms. The number of ether oxygens (including phenoxy) is 1. The van der Waals surface area contributed by atoms with Crippen LogP contribution < -0.4 is 10.1 Å². The van der Waals surface area contributed by atoms with Crippen LogP contribution in [0, 0.1) is 0 Å². The molecule has 5 heteroatoms. The minimum absolute atomic E-state index is 0.377. The highest BCUT2D eigenvalue weighted by atomic mass is 79.9. The van der Waals surface area contributed by atoms with Gasteiger partial charge in [-0.2, -0.15) is 0 Å². The highest BCUT2D eigenvalue weighted by Gasteiger charge is 2.06. The quantitative estimate of drug-likeness (QED) is 0.890. The predicted molar refractivity (Wildman–Crippen MR) is 72.4 cm³/mol. The lowest BCUT2D eigenvalue weighted by Gasteiger charge is -2.04. The van der Waals surface area contributed by atoms with E-state index in [9.17, 15) is 0 Å². The van der Waals surface area contributed by atoms with E-state index in [1.165, 1.54) is 0 Å². The first-order valence-corrected chi connectivity index (χ1v) is 6.61. The van der Waals surface area contributed by atoms with Gasteiger partial charge in [-0.05, 0) is 34.6 Å². The number of aromatic nitrogens is 1. The van der Waals surface area contributed by atoms with Crippen LogP contribution in [0.1, 0.15) is 18.4 Å². The first-order chi connectivity index (χ1) is 8.79. The van der Waals surface area contributed by atoms with Crippen molar-refractivity contribution in [2.45, 2.75) is 20.1 Å². The van der Waals surface area contributed by atoms with Crippen LogP contribution in [0.15, 0.2) is 39.3 Å². The summed E-state index contributed by atoms with van der Waals surface area (Å²) in [6.45, 7) is 4.06. The minimum atomic E-state index is 0.377. The molecule has 1 heterocycles. The molecule has 1 aromatic carbocycles. The molecular weight excluding hydrogens is 296 g/mol. The van der Waals surface area contributed by atoms with Crippen LogP contribution in [0.25, 0.3) is 0 Å². The summed E-state index contributed by atoms with van der Waals surface area (Å²) in [5, 5.41) is 7.15. The van der Waals surface area contributed by atoms with Gasteiger partial charge in [0.1, 0.15) is 12.4 Å². The fraction of sp³-hybridized carbons (Fsp3) is 0.308. The molecule has 0 atom stereocenters. The fourth-order valence-electron chi connectivity index (χ4n) is 1.47. The Morgan fingerprint density at radius 1 is 1.39 bits per heavy atom. The third kappa shape index (κ3) is 3.58. The molecule has 2 aromatic rings. The van der Waals surface area contributed by atoms with Gasteiger partial charge >= 0.3 is 0 Å². The van der Waals surface area contributed by atoms with E-state index >= 15 is 0 Å². The van der Waals surface area contributed by atoms with E-state index in [4.69, 9.17) is 9.26 Å². The second kappa shape index (κ2) is 6.56. The van der Waals surface area contributed by atoms with Gasteiger partial charge in [0, 0.05) is 12.6 Å². The summed E-state index contributed by atoms with van der Waals surface area (Å²) in [6.07, 6.45) is 0. The number of nitrogens with one attached hydrogen (secondary N) is 1. The van der Waals surface area contributed by atoms with Gasteiger partial charge in [0.25, 0.3) is 0 Å². The summed E-state index contributed by atoms with van der Waals surface area (Å²) in [7, 11) is 0. The first kappa shape index (κ1) is 13.1. The summed E-state index contributed by atoms with van der Waals surface area (Å²) in [6, 6.07) is 9.61. The van der Waals surface area contributed by atoms with Crippen molar-refractivity contribution in [1.29, 1.82) is 0 Å². The molecule has 0 aliphatic carbocycles. The molecule has 0 saturated carbocycles. The number of halogens is 1. The zero-order chi connectivity index (χ0) is 12.8. The van der Waals surface area contributed by atoms with Crippen molar-refractivity contribution < 1.29 is 9.26 Å². The largest absolute Gasteiger partial charge is 0.484 e. The van der Waals surface area contributed by atoms with Gasteiger partial charge in [-0.15, -0.1) is 0 Å². The monoisotopic (exact) mass is 310 g/mol. The molecule has 0 aliphatic rings. The van der Waals surface area contributed by atoms with Crippen LogP contribution in [0.5, 0.6) is 5.75 Å². The van der Waals surface area contributed by atoms with E-state index in [1.54, 1.807) is 0 Å². The summed E-state index contributed by atoms with van der Waals surface area (Å²) in [4.78, 5) is 0. The van der Waals surface area contributed by atoms with Crippen molar-refractivity contribution in [3.05, 3.63) is 46.3 Å². The van der Waals surface area contributed by atoms with Crippen LogP contribution in [-0.2, 0) is 13.2 Å². The molecule has 4 nitrogen and oxygen atoms in total. The van der Waals surface area contributed by atoms with Crippen molar-refractivity contribution in [3.63, 3.8) is 0 Å². The molecule has 0 saturated heterocycles. The molecule has 1 N–H and O–H groups in total. The zero-order valence-corrected chi connectivity index (χ0v) is 11.7. The molecule has 1 aromatic heterocycles. The molecular formula is C13H15BrN2O2. The molecule has 2 rings (SSSR count). The average Bonchev–Trinajstić information content (AvgIpc) is 2.83. The normalized spacial score (nSPS) is 10.6. The molecule has 0 spiro atoms. The average molecular weight is 311 g/mol. The van der Waals surface area contributed by atoms with E-state index in [-0.39, 0.29) is 0 Å². The van der Waals surface area contributed by atoms with Crippen LogP contribution in [0.2, 0.25) is 0 Å². The van der Waals surface area contributed by atoms with Crippen molar-refractivity contribution in [2.24, 2.45) is 0 Å². The summed E-state index contributed by atoms with van der Waals surface area (Å²) in [5.74, 6) is 1.51. The van der Waals surface area contributed by atoms with Gasteiger partial charge in [0.05, 0.1) is 10.2 Å². The first-order valence-electron chi connectivity index (χ1n) is 5.82. The Kier molecular flexibility index (Phi) is 4.78. The number of rotatable bonds is 6. The van der Waals surface area contributed by atoms with Gasteiger partial charge in [-0.25, -0.2) is 0 Å². The van der Waals surface area contributed by atoms with Gasteiger partial charge in [0.2, 0.25) is 0 Å². The Morgan fingerprint density at radius 3 is 3.00 bits per heavy atom. The third-order valence-corrected chi connectivity index (χ3v) is 3.03. The van der Waals surface area contributed by atoms with E-state index in [0.717, 1.165) is 34.8 Å². The molecule has 18 heavy (non-hydrogen) atoms. The maximum atomic E-state index is 5.64. The lowest BCUT2D eigenvalue weighted by Crippen LogP contribution is -2.11. The Labute approximate surface area is 114 Å². The smallest absolute Gasteiger partial charge is 0.174 e. The predicted octanol–water partition coefficient (Wildman–Crippen LogP) is 3.13. The van der Waals surface area contributed by atoms with Crippen molar-refractivity contribution in [3.8, 4) is 5.75 Å². The Bertz CT molecular complexity index is 499. The van der Waals surface area contributed by atoms with E-state index in [2.05, 4.69) is 33.3 Å².